The van der Waals surface area contributed by atoms with Crippen LogP contribution in [0.1, 0.15) is 29.0 Å². The average Bonchev–Trinajstić information content (AvgIpc) is 3.34. The molecular weight excluding hydrogens is 352 g/mol. The molecule has 0 spiro atoms. The number of H-pyrrole nitrogens is 1. The molecule has 0 radical (unpaired) electrons. The predicted molar refractivity (Wildman–Crippen MR) is 97.0 cm³/mol. The Hall–Kier alpha value is -2.71. The second-order valence-corrected chi connectivity index (χ2v) is 8.02. The molecule has 8 heteroatoms. The van der Waals surface area contributed by atoms with Crippen LogP contribution >= 0.6 is 0 Å². The molecule has 3 aromatic rings. The monoisotopic (exact) mass is 370 g/mol. The Kier molecular flexibility index (Phi) is 4.21. The third-order valence-corrected chi connectivity index (χ3v) is 5.68. The number of hydrogen-bond donors (Lipinski definition) is 3. The fourth-order valence-corrected chi connectivity index (χ4v) is 4.00. The fourth-order valence-electron chi connectivity index (χ4n) is 2.65. The van der Waals surface area contributed by atoms with Gasteiger partial charge >= 0.3 is 0 Å². The molecule has 3 N–H and O–H groups in total. The first-order chi connectivity index (χ1) is 12.5. The number of imidazole rings is 1. The quantitative estimate of drug-likeness (QED) is 0.617. The molecule has 1 saturated carbocycles. The smallest absolute Gasteiger partial charge is 0.251 e. The van der Waals surface area contributed by atoms with E-state index in [9.17, 15) is 13.2 Å². The largest absolute Gasteiger partial charge is 0.345 e. The number of nitrogens with zero attached hydrogens (tertiary/aromatic N) is 1. The Labute approximate surface area is 150 Å². The van der Waals surface area contributed by atoms with E-state index in [1.807, 2.05) is 24.3 Å². The number of benzene rings is 2. The molecule has 134 valence electrons. The lowest BCUT2D eigenvalue weighted by atomic mass is 10.2. The molecule has 1 fully saturated rings. The number of carbonyl (C=O) groups excluding carboxylic acids is 1. The van der Waals surface area contributed by atoms with Crippen LogP contribution in [0.3, 0.4) is 0 Å². The van der Waals surface area contributed by atoms with E-state index in [0.717, 1.165) is 23.9 Å². The van der Waals surface area contributed by atoms with Gasteiger partial charge in [-0.3, -0.25) is 4.79 Å². The van der Waals surface area contributed by atoms with Crippen molar-refractivity contribution in [2.24, 2.45) is 0 Å². The van der Waals surface area contributed by atoms with E-state index in [1.165, 1.54) is 12.1 Å². The van der Waals surface area contributed by atoms with Crippen LogP contribution in [0.2, 0.25) is 0 Å². The molecule has 0 aliphatic heterocycles. The van der Waals surface area contributed by atoms with E-state index in [2.05, 4.69) is 20.0 Å². The van der Waals surface area contributed by atoms with Crippen LogP contribution in [0.25, 0.3) is 11.0 Å². The SMILES string of the molecule is O=C(NCc1nc2ccccc2[nH]1)c1cccc(S(=O)(=O)NC2CC2)c1. The number of amides is 1. The third-order valence-electron chi connectivity index (χ3n) is 4.16. The zero-order chi connectivity index (χ0) is 18.1. The molecule has 0 bridgehead atoms. The van der Waals surface area contributed by atoms with E-state index in [1.54, 1.807) is 12.1 Å². The molecule has 0 saturated heterocycles. The molecule has 2 aromatic carbocycles. The zero-order valence-electron chi connectivity index (χ0n) is 13.9. The summed E-state index contributed by atoms with van der Waals surface area (Å²) in [6.07, 6.45) is 1.72. The highest BCUT2D eigenvalue weighted by Crippen LogP contribution is 2.22. The first-order valence-electron chi connectivity index (χ1n) is 8.35. The van der Waals surface area contributed by atoms with Crippen LogP contribution in [0.5, 0.6) is 0 Å². The van der Waals surface area contributed by atoms with E-state index < -0.39 is 10.0 Å². The summed E-state index contributed by atoms with van der Waals surface area (Å²) in [7, 11) is -3.59. The maximum Gasteiger partial charge on any atom is 0.251 e. The van der Waals surface area contributed by atoms with Crippen LogP contribution in [0.4, 0.5) is 0 Å². The first-order valence-corrected chi connectivity index (χ1v) is 9.84. The van der Waals surface area contributed by atoms with Gasteiger partial charge < -0.3 is 10.3 Å². The minimum Gasteiger partial charge on any atom is -0.345 e. The summed E-state index contributed by atoms with van der Waals surface area (Å²) in [5.41, 5.74) is 2.02. The molecule has 4 rings (SSSR count). The average molecular weight is 370 g/mol. The fraction of sp³-hybridized carbons (Fsp3) is 0.222. The number of nitrogens with one attached hydrogen (secondary N) is 3. The van der Waals surface area contributed by atoms with Crippen LogP contribution in [-0.4, -0.2) is 30.3 Å². The van der Waals surface area contributed by atoms with Gasteiger partial charge in [0, 0.05) is 11.6 Å². The number of rotatable bonds is 6. The summed E-state index contributed by atoms with van der Waals surface area (Å²) in [6, 6.07) is 13.6. The zero-order valence-corrected chi connectivity index (χ0v) is 14.7. The Bertz CT molecular complexity index is 1040. The Morgan fingerprint density at radius 3 is 2.73 bits per heavy atom. The normalized spacial score (nSPS) is 14.5. The molecule has 7 nitrogen and oxygen atoms in total. The minimum absolute atomic E-state index is 0.0190. The summed E-state index contributed by atoms with van der Waals surface area (Å²) >= 11 is 0. The molecular formula is C18H18N4O3S. The van der Waals surface area contributed by atoms with Gasteiger partial charge in [0.15, 0.2) is 0 Å². The summed E-state index contributed by atoms with van der Waals surface area (Å²) in [6.45, 7) is 0.227. The second-order valence-electron chi connectivity index (χ2n) is 6.31. The van der Waals surface area contributed by atoms with Crippen molar-refractivity contribution in [3.63, 3.8) is 0 Å². The molecule has 1 amide bonds. The highest BCUT2D eigenvalue weighted by Gasteiger charge is 2.28. The van der Waals surface area contributed by atoms with Crippen LogP contribution in [0, 0.1) is 0 Å². The number of aromatic amines is 1. The third kappa shape index (κ3) is 3.61. The van der Waals surface area contributed by atoms with Gasteiger partial charge in [-0.25, -0.2) is 18.1 Å². The van der Waals surface area contributed by atoms with Gasteiger partial charge in [0.25, 0.3) is 5.91 Å². The van der Waals surface area contributed by atoms with E-state index >= 15 is 0 Å². The Morgan fingerprint density at radius 1 is 1.15 bits per heavy atom. The topological polar surface area (TPSA) is 104 Å². The standard InChI is InChI=1S/C18H18N4O3S/c23-18(19-11-17-20-15-6-1-2-7-16(15)21-17)12-4-3-5-14(10-12)26(24,25)22-13-8-9-13/h1-7,10,13,22H,8-9,11H2,(H,19,23)(H,20,21). The van der Waals surface area contributed by atoms with Crippen molar-refractivity contribution in [2.45, 2.75) is 30.3 Å². The number of para-hydroxylation sites is 2. The van der Waals surface area contributed by atoms with Gasteiger partial charge in [0.05, 0.1) is 22.5 Å². The number of sulfonamides is 1. The Balaban J connectivity index is 1.46. The Morgan fingerprint density at radius 2 is 1.96 bits per heavy atom. The van der Waals surface area contributed by atoms with Crippen LogP contribution < -0.4 is 10.0 Å². The van der Waals surface area contributed by atoms with Crippen molar-refractivity contribution < 1.29 is 13.2 Å². The summed E-state index contributed by atoms with van der Waals surface area (Å²) in [5, 5.41) is 2.76. The lowest BCUT2D eigenvalue weighted by molar-refractivity contribution is 0.0949. The van der Waals surface area contributed by atoms with Crippen molar-refractivity contribution in [1.29, 1.82) is 0 Å². The lowest BCUT2D eigenvalue weighted by Crippen LogP contribution is -2.27. The van der Waals surface area contributed by atoms with Gasteiger partial charge in [0.1, 0.15) is 5.82 Å². The van der Waals surface area contributed by atoms with Crippen molar-refractivity contribution >= 4 is 27.0 Å². The lowest BCUT2D eigenvalue weighted by Gasteiger charge is -2.08. The van der Waals surface area contributed by atoms with E-state index in [4.69, 9.17) is 0 Å². The molecule has 0 unspecified atom stereocenters. The molecule has 1 aliphatic rings. The molecule has 1 aromatic heterocycles. The minimum atomic E-state index is -3.59. The van der Waals surface area contributed by atoms with Crippen molar-refractivity contribution in [3.05, 3.63) is 59.9 Å². The summed E-state index contributed by atoms with van der Waals surface area (Å²) < 4.78 is 27.2. The molecule has 0 atom stereocenters. The van der Waals surface area contributed by atoms with Gasteiger partial charge in [0.2, 0.25) is 10.0 Å². The molecule has 26 heavy (non-hydrogen) atoms. The number of fused-ring (bicyclic) bond motifs is 1. The highest BCUT2D eigenvalue weighted by molar-refractivity contribution is 7.89. The van der Waals surface area contributed by atoms with Gasteiger partial charge in [-0.15, -0.1) is 0 Å². The van der Waals surface area contributed by atoms with Crippen molar-refractivity contribution in [2.75, 3.05) is 0 Å². The van der Waals surface area contributed by atoms with Crippen LogP contribution in [-0.2, 0) is 16.6 Å². The van der Waals surface area contributed by atoms with Gasteiger partial charge in [-0.1, -0.05) is 18.2 Å². The molecule has 1 aliphatic carbocycles. The van der Waals surface area contributed by atoms with Gasteiger partial charge in [-0.05, 0) is 43.2 Å². The van der Waals surface area contributed by atoms with E-state index in [0.29, 0.717) is 11.4 Å². The molecule has 1 heterocycles. The summed E-state index contributed by atoms with van der Waals surface area (Å²) in [4.78, 5) is 20.0. The van der Waals surface area contributed by atoms with E-state index in [-0.39, 0.29) is 23.4 Å². The highest BCUT2D eigenvalue weighted by atomic mass is 32.2. The van der Waals surface area contributed by atoms with Gasteiger partial charge in [-0.2, -0.15) is 0 Å². The number of hydrogen-bond acceptors (Lipinski definition) is 4. The maximum absolute atomic E-state index is 12.4. The van der Waals surface area contributed by atoms with Crippen molar-refractivity contribution in [1.82, 2.24) is 20.0 Å². The first kappa shape index (κ1) is 16.7. The number of aromatic nitrogens is 2. The maximum atomic E-state index is 12.4. The second kappa shape index (κ2) is 6.54. The predicted octanol–water partition coefficient (Wildman–Crippen LogP) is 1.93. The summed E-state index contributed by atoms with van der Waals surface area (Å²) in [5.74, 6) is 0.285. The van der Waals surface area contributed by atoms with Crippen molar-refractivity contribution in [3.8, 4) is 0 Å². The van der Waals surface area contributed by atoms with Crippen LogP contribution in [0.15, 0.2) is 53.4 Å². The number of carbonyl (C=O) groups is 1.